The molecule has 3 amide bonds. The van der Waals surface area contributed by atoms with E-state index < -0.39 is 0 Å². The third-order valence-electron chi connectivity index (χ3n) is 5.46. The summed E-state index contributed by atoms with van der Waals surface area (Å²) in [4.78, 5) is 29.9. The fourth-order valence-corrected chi connectivity index (χ4v) is 4.08. The quantitative estimate of drug-likeness (QED) is 0.499. The van der Waals surface area contributed by atoms with Crippen molar-refractivity contribution >= 4 is 40.1 Å². The lowest BCUT2D eigenvalue weighted by Crippen LogP contribution is -2.43. The molecule has 8 heteroatoms. The number of hydrogen-bond donors (Lipinski definition) is 3. The van der Waals surface area contributed by atoms with Gasteiger partial charge in [-0.1, -0.05) is 23.7 Å². The Labute approximate surface area is 185 Å². The summed E-state index contributed by atoms with van der Waals surface area (Å²) in [6.07, 6.45) is 1.65. The maximum Gasteiger partial charge on any atom is 0.317 e. The van der Waals surface area contributed by atoms with Gasteiger partial charge in [-0.2, -0.15) is 0 Å². The zero-order chi connectivity index (χ0) is 21.8. The molecule has 0 fully saturated rings. The molecule has 3 aromatic rings. The van der Waals surface area contributed by atoms with Gasteiger partial charge in [-0.15, -0.1) is 0 Å². The van der Waals surface area contributed by atoms with Crippen LogP contribution in [0.4, 0.5) is 10.5 Å². The van der Waals surface area contributed by atoms with Crippen molar-refractivity contribution < 1.29 is 14.3 Å². The number of carbonyl (C=O) groups excluding carboxylic acids is 2. The largest absolute Gasteiger partial charge is 0.495 e. The van der Waals surface area contributed by atoms with Crippen LogP contribution in [0, 0.1) is 0 Å². The number of amides is 3. The predicted octanol–water partition coefficient (Wildman–Crippen LogP) is 4.32. The lowest BCUT2D eigenvalue weighted by atomic mass is 10.0. The molecule has 31 heavy (non-hydrogen) atoms. The van der Waals surface area contributed by atoms with Crippen molar-refractivity contribution in [1.82, 2.24) is 15.2 Å². The van der Waals surface area contributed by atoms with Crippen LogP contribution in [0.15, 0.2) is 42.5 Å². The number of ether oxygens (including phenoxy) is 1. The molecule has 1 aromatic heterocycles. The van der Waals surface area contributed by atoms with Crippen LogP contribution in [0.1, 0.15) is 24.1 Å². The number of methoxy groups -OCH3 is 1. The van der Waals surface area contributed by atoms with Gasteiger partial charge in [0, 0.05) is 41.1 Å². The van der Waals surface area contributed by atoms with E-state index >= 15 is 0 Å². The van der Waals surface area contributed by atoms with Crippen LogP contribution >= 0.6 is 11.6 Å². The summed E-state index contributed by atoms with van der Waals surface area (Å²) in [5.74, 6) is 0.506. The van der Waals surface area contributed by atoms with Gasteiger partial charge in [-0.05, 0) is 48.7 Å². The number of halogens is 1. The maximum absolute atomic E-state index is 12.6. The first-order valence-electron chi connectivity index (χ1n) is 10.3. The molecular weight excluding hydrogens is 416 g/mol. The summed E-state index contributed by atoms with van der Waals surface area (Å²) in [6.45, 7) is 1.61. The standard InChI is InChI=1S/C23H25ClN4O3/c1-31-21-6-3-2-5-19(21)27-22(29)7-4-11-25-23(30)28-12-10-16-17-13-15(24)8-9-18(17)26-20(16)14-28/h2-3,5-6,8-9,13,26H,4,7,10-12,14H2,1H3,(H,25,30)(H,27,29). The molecule has 162 valence electrons. The molecule has 0 saturated carbocycles. The summed E-state index contributed by atoms with van der Waals surface area (Å²) in [6, 6.07) is 13.0. The Morgan fingerprint density at radius 2 is 2.06 bits per heavy atom. The van der Waals surface area contributed by atoms with Crippen LogP contribution in [0.25, 0.3) is 10.9 Å². The molecule has 7 nitrogen and oxygen atoms in total. The second kappa shape index (κ2) is 9.31. The van der Waals surface area contributed by atoms with Gasteiger partial charge >= 0.3 is 6.03 Å². The molecule has 4 rings (SSSR count). The smallest absolute Gasteiger partial charge is 0.317 e. The summed E-state index contributed by atoms with van der Waals surface area (Å²) in [5.41, 5.74) is 3.96. The van der Waals surface area contributed by atoms with Crippen LogP contribution < -0.4 is 15.4 Å². The molecule has 2 aromatic carbocycles. The molecule has 0 saturated heterocycles. The van der Waals surface area contributed by atoms with E-state index in [1.165, 1.54) is 5.56 Å². The Hall–Kier alpha value is -3.19. The zero-order valence-corrected chi connectivity index (χ0v) is 18.1. The van der Waals surface area contributed by atoms with Gasteiger partial charge in [0.05, 0.1) is 19.3 Å². The van der Waals surface area contributed by atoms with Crippen molar-refractivity contribution in [3.8, 4) is 5.75 Å². The summed E-state index contributed by atoms with van der Waals surface area (Å²) < 4.78 is 5.23. The molecule has 0 spiro atoms. The van der Waals surface area contributed by atoms with E-state index in [4.69, 9.17) is 16.3 Å². The second-order valence-electron chi connectivity index (χ2n) is 7.53. The van der Waals surface area contributed by atoms with Crippen LogP contribution in [0.3, 0.4) is 0 Å². The van der Waals surface area contributed by atoms with Crippen LogP contribution in [-0.2, 0) is 17.8 Å². The van der Waals surface area contributed by atoms with E-state index in [0.29, 0.717) is 48.9 Å². The van der Waals surface area contributed by atoms with Crippen molar-refractivity contribution in [2.45, 2.75) is 25.8 Å². The van der Waals surface area contributed by atoms with Crippen LogP contribution in [-0.4, -0.2) is 42.0 Å². The van der Waals surface area contributed by atoms with Crippen molar-refractivity contribution in [2.75, 3.05) is 25.5 Å². The third kappa shape index (κ3) is 4.77. The summed E-state index contributed by atoms with van der Waals surface area (Å²) in [7, 11) is 1.56. The highest BCUT2D eigenvalue weighted by Crippen LogP contribution is 2.29. The van der Waals surface area contributed by atoms with Crippen LogP contribution in [0.2, 0.25) is 5.02 Å². The normalized spacial score (nSPS) is 13.0. The molecule has 3 N–H and O–H groups in total. The first-order valence-corrected chi connectivity index (χ1v) is 10.7. The average Bonchev–Trinajstić information content (AvgIpc) is 3.14. The van der Waals surface area contributed by atoms with E-state index in [0.717, 1.165) is 23.0 Å². The highest BCUT2D eigenvalue weighted by molar-refractivity contribution is 6.31. The minimum absolute atomic E-state index is 0.113. The Morgan fingerprint density at radius 1 is 1.23 bits per heavy atom. The summed E-state index contributed by atoms with van der Waals surface area (Å²) in [5, 5.41) is 7.60. The lowest BCUT2D eigenvalue weighted by Gasteiger charge is -2.27. The number of urea groups is 1. The number of rotatable bonds is 6. The summed E-state index contributed by atoms with van der Waals surface area (Å²) >= 11 is 6.13. The van der Waals surface area contributed by atoms with Gasteiger partial charge in [-0.25, -0.2) is 4.79 Å². The first-order chi connectivity index (χ1) is 15.0. The fraction of sp³-hybridized carbons (Fsp3) is 0.304. The van der Waals surface area contributed by atoms with Crippen molar-refractivity contribution in [2.24, 2.45) is 0 Å². The van der Waals surface area contributed by atoms with E-state index in [9.17, 15) is 9.59 Å². The molecule has 0 bridgehead atoms. The minimum atomic E-state index is -0.118. The van der Waals surface area contributed by atoms with E-state index in [-0.39, 0.29) is 11.9 Å². The first kappa shape index (κ1) is 21.1. The predicted molar refractivity (Wildman–Crippen MR) is 122 cm³/mol. The van der Waals surface area contributed by atoms with E-state index in [1.54, 1.807) is 24.1 Å². The Morgan fingerprint density at radius 3 is 2.90 bits per heavy atom. The fourth-order valence-electron chi connectivity index (χ4n) is 3.90. The highest BCUT2D eigenvalue weighted by Gasteiger charge is 2.23. The van der Waals surface area contributed by atoms with E-state index in [1.807, 2.05) is 30.3 Å². The maximum atomic E-state index is 12.6. The number of benzene rings is 2. The number of para-hydroxylation sites is 2. The van der Waals surface area contributed by atoms with Gasteiger partial charge in [0.15, 0.2) is 0 Å². The average molecular weight is 441 g/mol. The van der Waals surface area contributed by atoms with Crippen molar-refractivity contribution in [3.63, 3.8) is 0 Å². The third-order valence-corrected chi connectivity index (χ3v) is 5.70. The SMILES string of the molecule is COc1ccccc1NC(=O)CCCNC(=O)N1CCc2c([nH]c3ccc(Cl)cc23)C1. The van der Waals surface area contributed by atoms with Gasteiger partial charge in [0.2, 0.25) is 5.91 Å². The second-order valence-corrected chi connectivity index (χ2v) is 7.96. The van der Waals surface area contributed by atoms with Gasteiger partial charge in [0.25, 0.3) is 0 Å². The highest BCUT2D eigenvalue weighted by atomic mass is 35.5. The Balaban J connectivity index is 1.24. The topological polar surface area (TPSA) is 86.5 Å². The van der Waals surface area contributed by atoms with Crippen molar-refractivity contribution in [3.05, 3.63) is 58.7 Å². The number of carbonyl (C=O) groups is 2. The molecular formula is C23H25ClN4O3. The number of H-pyrrole nitrogens is 1. The molecule has 0 aliphatic carbocycles. The number of aromatic amines is 1. The Bertz CT molecular complexity index is 1110. The molecule has 0 radical (unpaired) electrons. The minimum Gasteiger partial charge on any atom is -0.495 e. The number of anilines is 1. The molecule has 1 aliphatic rings. The van der Waals surface area contributed by atoms with Gasteiger partial charge < -0.3 is 25.3 Å². The number of nitrogens with zero attached hydrogens (tertiary/aromatic N) is 1. The molecule has 0 atom stereocenters. The number of hydrogen-bond acceptors (Lipinski definition) is 3. The van der Waals surface area contributed by atoms with Gasteiger partial charge in [0.1, 0.15) is 5.75 Å². The number of nitrogens with one attached hydrogen (secondary N) is 3. The monoisotopic (exact) mass is 440 g/mol. The zero-order valence-electron chi connectivity index (χ0n) is 17.3. The van der Waals surface area contributed by atoms with Crippen molar-refractivity contribution in [1.29, 1.82) is 0 Å². The van der Waals surface area contributed by atoms with Crippen LogP contribution in [0.5, 0.6) is 5.75 Å². The lowest BCUT2D eigenvalue weighted by molar-refractivity contribution is -0.116. The van der Waals surface area contributed by atoms with E-state index in [2.05, 4.69) is 15.6 Å². The number of aromatic nitrogens is 1. The molecule has 1 aliphatic heterocycles. The number of fused-ring (bicyclic) bond motifs is 3. The Kier molecular flexibility index (Phi) is 6.32. The van der Waals surface area contributed by atoms with Gasteiger partial charge in [-0.3, -0.25) is 4.79 Å². The molecule has 0 unspecified atom stereocenters. The molecule has 2 heterocycles.